The molecular formula is C22H37IN4O5. The maximum absolute atomic E-state index is 11.9. The second-order valence-corrected chi connectivity index (χ2v) is 7.80. The van der Waals surface area contributed by atoms with Crippen molar-refractivity contribution in [1.82, 2.24) is 15.5 Å². The van der Waals surface area contributed by atoms with Gasteiger partial charge in [0, 0.05) is 51.9 Å². The molecule has 2 aliphatic rings. The molecule has 0 bridgehead atoms. The molecule has 182 valence electrons. The number of hydrogen-bond acceptors (Lipinski definition) is 6. The van der Waals surface area contributed by atoms with Crippen molar-refractivity contribution in [2.75, 3.05) is 52.6 Å². The number of carbonyl (C=O) groups excluding carboxylic acids is 1. The molecule has 3 heterocycles. The summed E-state index contributed by atoms with van der Waals surface area (Å²) in [5.74, 6) is 1.74. The molecule has 3 rings (SSSR count). The van der Waals surface area contributed by atoms with Crippen LogP contribution in [0.15, 0.2) is 27.8 Å². The summed E-state index contributed by atoms with van der Waals surface area (Å²) in [6.45, 7) is 7.22. The van der Waals surface area contributed by atoms with Crippen molar-refractivity contribution in [2.24, 2.45) is 4.99 Å². The lowest BCUT2D eigenvalue weighted by molar-refractivity contribution is 0.0424. The van der Waals surface area contributed by atoms with Crippen LogP contribution in [0.25, 0.3) is 0 Å². The SMILES string of the molecule is CCOC(=O)N1CCC(NC(=NCCCOC2CCOC2)NCCc2ccco2)CC1.I. The zero-order valence-corrected chi connectivity index (χ0v) is 21.3. The van der Waals surface area contributed by atoms with Gasteiger partial charge in [-0.2, -0.15) is 0 Å². The number of carbonyl (C=O) groups is 1. The predicted molar refractivity (Wildman–Crippen MR) is 133 cm³/mol. The second kappa shape index (κ2) is 15.3. The standard InChI is InChI=1S/C22H36N4O5.HI/c1-2-29-22(27)26-12-7-18(8-13-26)25-21(24-11-6-19-5-3-14-30-19)23-10-4-15-31-20-9-16-28-17-20;/h3,5,14,18,20H,2,4,6-13,15-17H2,1H3,(H2,23,24,25);1H. The minimum atomic E-state index is -0.223. The second-order valence-electron chi connectivity index (χ2n) is 7.80. The van der Waals surface area contributed by atoms with Gasteiger partial charge in [-0.1, -0.05) is 0 Å². The third kappa shape index (κ3) is 9.53. The summed E-state index contributed by atoms with van der Waals surface area (Å²) in [6, 6.07) is 4.14. The van der Waals surface area contributed by atoms with Crippen molar-refractivity contribution in [3.05, 3.63) is 24.2 Å². The number of piperidine rings is 1. The Kier molecular flexibility index (Phi) is 12.8. The quantitative estimate of drug-likeness (QED) is 0.195. The first kappa shape index (κ1) is 26.7. The Morgan fingerprint density at radius 2 is 2.16 bits per heavy atom. The van der Waals surface area contributed by atoms with E-state index in [-0.39, 0.29) is 42.2 Å². The van der Waals surface area contributed by atoms with Gasteiger partial charge >= 0.3 is 6.09 Å². The molecule has 2 saturated heterocycles. The number of nitrogens with zero attached hydrogens (tertiary/aromatic N) is 2. The van der Waals surface area contributed by atoms with Crippen LogP contribution in [0.1, 0.15) is 38.4 Å². The molecule has 0 aliphatic carbocycles. The summed E-state index contributed by atoms with van der Waals surface area (Å²) >= 11 is 0. The number of hydrogen-bond donors (Lipinski definition) is 2. The predicted octanol–water partition coefficient (Wildman–Crippen LogP) is 2.79. The third-order valence-corrected chi connectivity index (χ3v) is 5.42. The highest BCUT2D eigenvalue weighted by Crippen LogP contribution is 2.12. The Balaban J connectivity index is 0.00000363. The van der Waals surface area contributed by atoms with E-state index in [9.17, 15) is 4.79 Å². The van der Waals surface area contributed by atoms with Crippen LogP contribution in [0, 0.1) is 0 Å². The average molecular weight is 564 g/mol. The van der Waals surface area contributed by atoms with E-state index in [1.165, 1.54) is 0 Å². The number of amides is 1. The van der Waals surface area contributed by atoms with Gasteiger partial charge in [-0.15, -0.1) is 24.0 Å². The molecule has 1 amide bonds. The first-order chi connectivity index (χ1) is 15.2. The van der Waals surface area contributed by atoms with Crippen LogP contribution < -0.4 is 10.6 Å². The number of halogens is 1. The fourth-order valence-electron chi connectivity index (χ4n) is 3.68. The Labute approximate surface area is 207 Å². The normalized spacial score (nSPS) is 19.5. The van der Waals surface area contributed by atoms with E-state index >= 15 is 0 Å². The average Bonchev–Trinajstić information content (AvgIpc) is 3.48. The van der Waals surface area contributed by atoms with Crippen LogP contribution in [0.4, 0.5) is 4.79 Å². The molecule has 1 atom stereocenters. The Morgan fingerprint density at radius 3 is 2.84 bits per heavy atom. The lowest BCUT2D eigenvalue weighted by Gasteiger charge is -2.32. The van der Waals surface area contributed by atoms with Crippen LogP contribution in [0.3, 0.4) is 0 Å². The maximum Gasteiger partial charge on any atom is 0.409 e. The molecule has 2 fully saturated rings. The highest BCUT2D eigenvalue weighted by Gasteiger charge is 2.24. The molecule has 2 aliphatic heterocycles. The van der Waals surface area contributed by atoms with E-state index in [0.717, 1.165) is 57.0 Å². The van der Waals surface area contributed by atoms with Gasteiger partial charge in [0.2, 0.25) is 0 Å². The van der Waals surface area contributed by atoms with Gasteiger partial charge in [-0.25, -0.2) is 4.79 Å². The van der Waals surface area contributed by atoms with Gasteiger partial charge in [0.05, 0.1) is 25.6 Å². The largest absolute Gasteiger partial charge is 0.469 e. The molecule has 1 aromatic rings. The van der Waals surface area contributed by atoms with E-state index in [1.54, 1.807) is 11.2 Å². The Bertz CT molecular complexity index is 659. The molecule has 10 heteroatoms. The number of nitrogens with one attached hydrogen (secondary N) is 2. The number of guanidine groups is 1. The van der Waals surface area contributed by atoms with E-state index in [4.69, 9.17) is 23.6 Å². The summed E-state index contributed by atoms with van der Waals surface area (Å²) in [4.78, 5) is 18.4. The van der Waals surface area contributed by atoms with Crippen LogP contribution >= 0.6 is 24.0 Å². The number of rotatable bonds is 10. The fraction of sp³-hybridized carbons (Fsp3) is 0.727. The summed E-state index contributed by atoms with van der Waals surface area (Å²) in [5, 5.41) is 6.93. The first-order valence-corrected chi connectivity index (χ1v) is 11.4. The zero-order valence-electron chi connectivity index (χ0n) is 18.9. The first-order valence-electron chi connectivity index (χ1n) is 11.4. The minimum absolute atomic E-state index is 0. The van der Waals surface area contributed by atoms with Crippen molar-refractivity contribution in [1.29, 1.82) is 0 Å². The van der Waals surface area contributed by atoms with Gasteiger partial charge in [0.15, 0.2) is 5.96 Å². The summed E-state index contributed by atoms with van der Waals surface area (Å²) < 4.78 is 21.7. The number of likely N-dealkylation sites (tertiary alicyclic amines) is 1. The van der Waals surface area contributed by atoms with Crippen molar-refractivity contribution < 1.29 is 23.4 Å². The van der Waals surface area contributed by atoms with Crippen molar-refractivity contribution in [2.45, 2.75) is 51.2 Å². The highest BCUT2D eigenvalue weighted by atomic mass is 127. The molecule has 0 spiro atoms. The number of furan rings is 1. The molecule has 0 radical (unpaired) electrons. The highest BCUT2D eigenvalue weighted by molar-refractivity contribution is 14.0. The van der Waals surface area contributed by atoms with Crippen LogP contribution in [-0.4, -0.2) is 81.7 Å². The van der Waals surface area contributed by atoms with Gasteiger partial charge in [0.25, 0.3) is 0 Å². The summed E-state index contributed by atoms with van der Waals surface area (Å²) in [5.41, 5.74) is 0. The number of ether oxygens (including phenoxy) is 3. The van der Waals surface area contributed by atoms with E-state index in [1.807, 2.05) is 19.1 Å². The topological polar surface area (TPSA) is 97.6 Å². The van der Waals surface area contributed by atoms with Gasteiger partial charge in [-0.05, 0) is 44.7 Å². The minimum Gasteiger partial charge on any atom is -0.469 e. The molecule has 9 nitrogen and oxygen atoms in total. The fourth-order valence-corrected chi connectivity index (χ4v) is 3.68. The van der Waals surface area contributed by atoms with Crippen molar-refractivity contribution in [3.8, 4) is 0 Å². The lowest BCUT2D eigenvalue weighted by Crippen LogP contribution is -2.50. The molecule has 1 aromatic heterocycles. The lowest BCUT2D eigenvalue weighted by atomic mass is 10.1. The summed E-state index contributed by atoms with van der Waals surface area (Å²) in [7, 11) is 0. The van der Waals surface area contributed by atoms with Gasteiger partial charge < -0.3 is 34.2 Å². The van der Waals surface area contributed by atoms with Crippen LogP contribution in [0.2, 0.25) is 0 Å². The Morgan fingerprint density at radius 1 is 1.31 bits per heavy atom. The molecule has 1 unspecified atom stereocenters. The molecular weight excluding hydrogens is 527 g/mol. The van der Waals surface area contributed by atoms with Crippen LogP contribution in [-0.2, 0) is 20.6 Å². The summed E-state index contributed by atoms with van der Waals surface area (Å²) in [6.07, 6.45) is 6.06. The monoisotopic (exact) mass is 564 g/mol. The van der Waals surface area contributed by atoms with Crippen molar-refractivity contribution in [3.63, 3.8) is 0 Å². The van der Waals surface area contributed by atoms with E-state index in [0.29, 0.717) is 39.5 Å². The molecule has 0 aromatic carbocycles. The molecule has 2 N–H and O–H groups in total. The van der Waals surface area contributed by atoms with Crippen LogP contribution in [0.5, 0.6) is 0 Å². The molecule has 32 heavy (non-hydrogen) atoms. The number of aliphatic imine (C=N–C) groups is 1. The van der Waals surface area contributed by atoms with E-state index in [2.05, 4.69) is 10.6 Å². The van der Waals surface area contributed by atoms with Crippen molar-refractivity contribution >= 4 is 36.0 Å². The third-order valence-electron chi connectivity index (χ3n) is 5.42. The smallest absolute Gasteiger partial charge is 0.409 e. The Hall–Kier alpha value is -1.53. The maximum atomic E-state index is 11.9. The zero-order chi connectivity index (χ0) is 21.7. The van der Waals surface area contributed by atoms with Gasteiger partial charge in [-0.3, -0.25) is 4.99 Å². The molecule has 0 saturated carbocycles. The van der Waals surface area contributed by atoms with Gasteiger partial charge in [0.1, 0.15) is 5.76 Å². The van der Waals surface area contributed by atoms with E-state index < -0.39 is 0 Å².